The lowest BCUT2D eigenvalue weighted by Crippen LogP contribution is -2.10. The molecule has 5 heteroatoms. The molecular formula is C16H17NO3S. The third-order valence-corrected chi connectivity index (χ3v) is 3.25. The predicted molar refractivity (Wildman–Crippen MR) is 86.2 cm³/mol. The van der Waals surface area contributed by atoms with Gasteiger partial charge in [0, 0.05) is 11.1 Å². The molecule has 2 N–H and O–H groups in total. The van der Waals surface area contributed by atoms with E-state index in [1.165, 1.54) is 0 Å². The van der Waals surface area contributed by atoms with Crippen molar-refractivity contribution in [2.75, 3.05) is 14.2 Å². The van der Waals surface area contributed by atoms with Crippen LogP contribution in [0.5, 0.6) is 17.2 Å². The zero-order valence-corrected chi connectivity index (χ0v) is 12.8. The van der Waals surface area contributed by atoms with E-state index >= 15 is 0 Å². The van der Waals surface area contributed by atoms with Crippen molar-refractivity contribution < 1.29 is 14.2 Å². The molecule has 0 aliphatic rings. The summed E-state index contributed by atoms with van der Waals surface area (Å²) in [7, 11) is 3.24. The summed E-state index contributed by atoms with van der Waals surface area (Å²) < 4.78 is 16.2. The second-order valence-electron chi connectivity index (χ2n) is 4.36. The maximum atomic E-state index is 5.75. The molecule has 2 aromatic carbocycles. The van der Waals surface area contributed by atoms with Gasteiger partial charge in [0.25, 0.3) is 0 Å². The first-order chi connectivity index (χ1) is 10.1. The summed E-state index contributed by atoms with van der Waals surface area (Å²) in [5.41, 5.74) is 7.33. The van der Waals surface area contributed by atoms with Crippen LogP contribution in [0.3, 0.4) is 0 Å². The number of rotatable bonds is 6. The second kappa shape index (κ2) is 6.95. The maximum Gasteiger partial charge on any atom is 0.125 e. The first-order valence-corrected chi connectivity index (χ1v) is 6.78. The van der Waals surface area contributed by atoms with Gasteiger partial charge < -0.3 is 19.9 Å². The molecule has 0 heterocycles. The molecule has 0 unspecified atom stereocenters. The van der Waals surface area contributed by atoms with Crippen LogP contribution >= 0.6 is 12.2 Å². The summed E-state index contributed by atoms with van der Waals surface area (Å²) in [6.07, 6.45) is 0. The molecule has 0 fully saturated rings. The van der Waals surface area contributed by atoms with E-state index < -0.39 is 0 Å². The highest BCUT2D eigenvalue weighted by Crippen LogP contribution is 2.23. The Hall–Kier alpha value is -2.27. The van der Waals surface area contributed by atoms with Crippen LogP contribution in [-0.4, -0.2) is 19.2 Å². The minimum atomic E-state index is 0.350. The van der Waals surface area contributed by atoms with Crippen LogP contribution in [0.4, 0.5) is 0 Å². The first-order valence-electron chi connectivity index (χ1n) is 6.37. The highest BCUT2D eigenvalue weighted by Gasteiger charge is 2.07. The van der Waals surface area contributed by atoms with Crippen molar-refractivity contribution in [1.29, 1.82) is 0 Å². The number of nitrogens with two attached hydrogens (primary N) is 1. The molecule has 0 amide bonds. The summed E-state index contributed by atoms with van der Waals surface area (Å²) in [6, 6.07) is 12.9. The van der Waals surface area contributed by atoms with Crippen LogP contribution in [0.25, 0.3) is 0 Å². The summed E-state index contributed by atoms with van der Waals surface area (Å²) >= 11 is 4.99. The highest BCUT2D eigenvalue weighted by atomic mass is 32.1. The smallest absolute Gasteiger partial charge is 0.125 e. The Bertz CT molecular complexity index is 626. The molecule has 0 bridgehead atoms. The molecule has 110 valence electrons. The Kier molecular flexibility index (Phi) is 5.00. The van der Waals surface area contributed by atoms with E-state index in [1.807, 2.05) is 42.5 Å². The molecule has 0 aliphatic carbocycles. The zero-order chi connectivity index (χ0) is 15.2. The molecule has 0 radical (unpaired) electrons. The van der Waals surface area contributed by atoms with Crippen molar-refractivity contribution in [3.05, 3.63) is 53.6 Å². The number of hydrogen-bond acceptors (Lipinski definition) is 4. The van der Waals surface area contributed by atoms with Gasteiger partial charge in [0.1, 0.15) is 28.8 Å². The minimum absolute atomic E-state index is 0.350. The van der Waals surface area contributed by atoms with E-state index in [9.17, 15) is 0 Å². The fraction of sp³-hybridized carbons (Fsp3) is 0.188. The Morgan fingerprint density at radius 1 is 1.00 bits per heavy atom. The van der Waals surface area contributed by atoms with Gasteiger partial charge in [0.2, 0.25) is 0 Å². The lowest BCUT2D eigenvalue weighted by molar-refractivity contribution is 0.296. The first kappa shape index (κ1) is 15.1. The van der Waals surface area contributed by atoms with Crippen molar-refractivity contribution in [2.45, 2.75) is 6.61 Å². The van der Waals surface area contributed by atoms with Crippen LogP contribution in [0, 0.1) is 0 Å². The van der Waals surface area contributed by atoms with Crippen molar-refractivity contribution in [3.63, 3.8) is 0 Å². The molecular weight excluding hydrogens is 286 g/mol. The van der Waals surface area contributed by atoms with Gasteiger partial charge in [0.05, 0.1) is 14.2 Å². The average molecular weight is 303 g/mol. The van der Waals surface area contributed by atoms with E-state index in [2.05, 4.69) is 0 Å². The molecule has 4 nitrogen and oxygen atoms in total. The summed E-state index contributed by atoms with van der Waals surface area (Å²) in [5, 5.41) is 0. The van der Waals surface area contributed by atoms with Crippen LogP contribution in [0.1, 0.15) is 11.1 Å². The van der Waals surface area contributed by atoms with Gasteiger partial charge in [-0.2, -0.15) is 0 Å². The molecule has 2 aromatic rings. The summed E-state index contributed by atoms with van der Waals surface area (Å²) in [6.45, 7) is 0.367. The third kappa shape index (κ3) is 3.86. The van der Waals surface area contributed by atoms with Crippen LogP contribution in [-0.2, 0) is 6.61 Å². The SMILES string of the molecule is COc1ccc(OCc2cc(C(N)=S)ccc2OC)cc1. The Labute approximate surface area is 129 Å². The van der Waals surface area contributed by atoms with Crippen molar-refractivity contribution >= 4 is 17.2 Å². The topological polar surface area (TPSA) is 53.7 Å². The fourth-order valence-electron chi connectivity index (χ4n) is 1.88. The molecule has 0 aromatic heterocycles. The van der Waals surface area contributed by atoms with Gasteiger partial charge >= 0.3 is 0 Å². The molecule has 0 saturated heterocycles. The number of thiocarbonyl (C=S) groups is 1. The molecule has 2 rings (SSSR count). The molecule has 21 heavy (non-hydrogen) atoms. The van der Waals surface area contributed by atoms with E-state index in [-0.39, 0.29) is 0 Å². The standard InChI is InChI=1S/C16H17NO3S/c1-18-13-4-6-14(7-5-13)20-10-12-9-11(16(17)21)3-8-15(12)19-2/h3-9H,10H2,1-2H3,(H2,17,21). The van der Waals surface area contributed by atoms with Crippen LogP contribution < -0.4 is 19.9 Å². The largest absolute Gasteiger partial charge is 0.497 e. The van der Waals surface area contributed by atoms with Gasteiger partial charge in [-0.1, -0.05) is 12.2 Å². The Morgan fingerprint density at radius 3 is 2.24 bits per heavy atom. The number of hydrogen-bond donors (Lipinski definition) is 1. The minimum Gasteiger partial charge on any atom is -0.497 e. The predicted octanol–water partition coefficient (Wildman–Crippen LogP) is 2.92. The summed E-state index contributed by atoms with van der Waals surface area (Å²) in [5.74, 6) is 2.28. The molecule has 0 atom stereocenters. The van der Waals surface area contributed by atoms with Gasteiger partial charge in [0.15, 0.2) is 0 Å². The van der Waals surface area contributed by atoms with E-state index in [0.29, 0.717) is 11.6 Å². The molecule has 0 aliphatic heterocycles. The third-order valence-electron chi connectivity index (χ3n) is 3.02. The average Bonchev–Trinajstić information content (AvgIpc) is 2.53. The summed E-state index contributed by atoms with van der Waals surface area (Å²) in [4.78, 5) is 0.350. The normalized spacial score (nSPS) is 10.0. The Balaban J connectivity index is 2.13. The van der Waals surface area contributed by atoms with Crippen LogP contribution in [0.15, 0.2) is 42.5 Å². The second-order valence-corrected chi connectivity index (χ2v) is 4.79. The number of methoxy groups -OCH3 is 2. The van der Waals surface area contributed by atoms with Crippen molar-refractivity contribution in [1.82, 2.24) is 0 Å². The number of ether oxygens (including phenoxy) is 3. The van der Waals surface area contributed by atoms with E-state index in [4.69, 9.17) is 32.2 Å². The Morgan fingerprint density at radius 2 is 1.67 bits per heavy atom. The van der Waals surface area contributed by atoms with E-state index in [1.54, 1.807) is 14.2 Å². The van der Waals surface area contributed by atoms with Crippen molar-refractivity contribution in [3.8, 4) is 17.2 Å². The highest BCUT2D eigenvalue weighted by molar-refractivity contribution is 7.80. The van der Waals surface area contributed by atoms with Gasteiger partial charge in [-0.25, -0.2) is 0 Å². The van der Waals surface area contributed by atoms with Crippen molar-refractivity contribution in [2.24, 2.45) is 5.73 Å². The maximum absolute atomic E-state index is 5.75. The van der Waals surface area contributed by atoms with Crippen LogP contribution in [0.2, 0.25) is 0 Å². The zero-order valence-electron chi connectivity index (χ0n) is 12.0. The number of benzene rings is 2. The quantitative estimate of drug-likeness (QED) is 0.832. The lowest BCUT2D eigenvalue weighted by atomic mass is 10.1. The monoisotopic (exact) mass is 303 g/mol. The van der Waals surface area contributed by atoms with Gasteiger partial charge in [-0.3, -0.25) is 0 Å². The van der Waals surface area contributed by atoms with Gasteiger partial charge in [-0.05, 0) is 42.5 Å². The molecule has 0 spiro atoms. The van der Waals surface area contributed by atoms with Gasteiger partial charge in [-0.15, -0.1) is 0 Å². The fourth-order valence-corrected chi connectivity index (χ4v) is 2.00. The van der Waals surface area contributed by atoms with E-state index in [0.717, 1.165) is 28.4 Å². The lowest BCUT2D eigenvalue weighted by Gasteiger charge is -2.12. The molecule has 0 saturated carbocycles.